The smallest absolute Gasteiger partial charge is 0.394 e. The van der Waals surface area contributed by atoms with E-state index in [2.05, 4.69) is 16.7 Å². The fraction of sp³-hybridized carbons (Fsp3) is 0.483. The third kappa shape index (κ3) is 5.83. The number of rotatable bonds is 9. The molecule has 226 valence electrons. The molecule has 0 unspecified atom stereocenters. The number of alkyl halides is 3. The fourth-order valence-electron chi connectivity index (χ4n) is 5.69. The molecule has 1 saturated heterocycles. The highest BCUT2D eigenvalue weighted by atomic mass is 32.2. The van der Waals surface area contributed by atoms with Crippen molar-refractivity contribution in [2.45, 2.75) is 70.0 Å². The van der Waals surface area contributed by atoms with E-state index < -0.39 is 27.5 Å². The molecule has 3 aromatic rings. The topological polar surface area (TPSA) is 106 Å². The number of aromatic nitrogens is 3. The summed E-state index contributed by atoms with van der Waals surface area (Å²) < 4.78 is 75.0. The molecule has 1 atom stereocenters. The number of hydrogen-bond acceptors (Lipinski definition) is 7. The summed E-state index contributed by atoms with van der Waals surface area (Å²) in [6.45, 7) is 8.29. The third-order valence-corrected chi connectivity index (χ3v) is 9.62. The predicted molar refractivity (Wildman–Crippen MR) is 150 cm³/mol. The second-order valence-corrected chi connectivity index (χ2v) is 13.6. The molecule has 1 amide bonds. The van der Waals surface area contributed by atoms with Gasteiger partial charge in [-0.3, -0.25) is 4.79 Å². The first kappa shape index (κ1) is 29.9. The minimum atomic E-state index is -4.25. The van der Waals surface area contributed by atoms with Crippen molar-refractivity contribution >= 4 is 21.7 Å². The monoisotopic (exact) mass is 605 g/mol. The van der Waals surface area contributed by atoms with Crippen LogP contribution in [0.5, 0.6) is 5.88 Å². The molecular formula is C29H34F3N5O4S. The van der Waals surface area contributed by atoms with E-state index in [0.717, 1.165) is 6.42 Å². The average molecular weight is 606 g/mol. The first-order valence-corrected chi connectivity index (χ1v) is 15.3. The molecule has 1 aliphatic carbocycles. The molecule has 0 bridgehead atoms. The summed E-state index contributed by atoms with van der Waals surface area (Å²) in [5.74, 6) is 0.275. The average Bonchev–Trinajstić information content (AvgIpc) is 3.46. The molecule has 2 fully saturated rings. The van der Waals surface area contributed by atoms with Gasteiger partial charge in [0.2, 0.25) is 5.88 Å². The summed E-state index contributed by atoms with van der Waals surface area (Å²) in [6.07, 6.45) is -1.76. The number of sulfonamides is 1. The number of carbonyl (C=O) groups excluding carboxylic acids is 1. The van der Waals surface area contributed by atoms with Gasteiger partial charge in [0.15, 0.2) is 5.82 Å². The number of carbonyl (C=O) groups is 1. The van der Waals surface area contributed by atoms with Crippen molar-refractivity contribution in [2.24, 2.45) is 11.3 Å². The zero-order valence-electron chi connectivity index (χ0n) is 23.9. The van der Waals surface area contributed by atoms with Gasteiger partial charge in [0.1, 0.15) is 5.82 Å². The minimum Gasteiger partial charge on any atom is -0.477 e. The van der Waals surface area contributed by atoms with Crippen LogP contribution in [0.25, 0.3) is 5.82 Å². The molecular weight excluding hydrogens is 571 g/mol. The number of nitrogens with one attached hydrogen (secondary N) is 1. The molecule has 3 heterocycles. The van der Waals surface area contributed by atoms with Gasteiger partial charge in [-0.05, 0) is 76.1 Å². The van der Waals surface area contributed by atoms with Crippen LogP contribution in [0, 0.1) is 18.3 Å². The van der Waals surface area contributed by atoms with E-state index in [1.54, 1.807) is 31.3 Å². The highest BCUT2D eigenvalue weighted by Crippen LogP contribution is 2.59. The number of anilines is 1. The first-order chi connectivity index (χ1) is 19.6. The standard InChI is InChI=1S/C29H34F3N5O4S/c1-19-17-27(3,4)36(18-19)25-21(26(38)35-42(39,40)22-8-6-5-7-20(22)2)9-10-23(33-25)37-15-11-24(34-37)41-16-14-28(12-13-28)29(30,31)32/h5-11,15,19H,12-14,16-18H2,1-4H3,(H,35,38)/t19-/m0/s1. The lowest BCUT2D eigenvalue weighted by Gasteiger charge is -2.34. The largest absolute Gasteiger partial charge is 0.477 e. The molecule has 9 nitrogen and oxygen atoms in total. The molecule has 13 heteroatoms. The van der Waals surface area contributed by atoms with E-state index in [0.29, 0.717) is 29.7 Å². The zero-order valence-corrected chi connectivity index (χ0v) is 24.7. The van der Waals surface area contributed by atoms with Crippen LogP contribution in [-0.4, -0.2) is 54.0 Å². The summed E-state index contributed by atoms with van der Waals surface area (Å²) in [5, 5.41) is 4.32. The van der Waals surface area contributed by atoms with Crippen molar-refractivity contribution in [3.63, 3.8) is 0 Å². The maximum atomic E-state index is 13.5. The van der Waals surface area contributed by atoms with Crippen LogP contribution in [0.15, 0.2) is 53.6 Å². The van der Waals surface area contributed by atoms with Gasteiger partial charge in [-0.15, -0.1) is 5.10 Å². The van der Waals surface area contributed by atoms with E-state index in [-0.39, 0.29) is 47.7 Å². The molecule has 42 heavy (non-hydrogen) atoms. The number of nitrogens with zero attached hydrogens (tertiary/aromatic N) is 4. The number of ether oxygens (including phenoxy) is 1. The summed E-state index contributed by atoms with van der Waals surface area (Å²) in [4.78, 5) is 20.2. The van der Waals surface area contributed by atoms with Crippen LogP contribution < -0.4 is 14.4 Å². The zero-order chi connectivity index (χ0) is 30.5. The Bertz CT molecular complexity index is 1600. The minimum absolute atomic E-state index is 0.00603. The Morgan fingerprint density at radius 2 is 1.86 bits per heavy atom. The van der Waals surface area contributed by atoms with Crippen LogP contribution in [0.3, 0.4) is 0 Å². The summed E-state index contributed by atoms with van der Waals surface area (Å²) in [7, 11) is -4.15. The number of hydrogen-bond donors (Lipinski definition) is 1. The number of aryl methyl sites for hydroxylation is 1. The van der Waals surface area contributed by atoms with Crippen molar-refractivity contribution in [3.8, 4) is 11.7 Å². The molecule has 1 aromatic carbocycles. The Morgan fingerprint density at radius 3 is 2.48 bits per heavy atom. The summed E-state index contributed by atoms with van der Waals surface area (Å²) in [5.41, 5.74) is -1.44. The van der Waals surface area contributed by atoms with Crippen LogP contribution in [0.1, 0.15) is 62.4 Å². The van der Waals surface area contributed by atoms with Gasteiger partial charge in [-0.25, -0.2) is 22.8 Å². The van der Waals surface area contributed by atoms with Crippen LogP contribution >= 0.6 is 0 Å². The van der Waals surface area contributed by atoms with Crippen LogP contribution in [-0.2, 0) is 10.0 Å². The molecule has 2 aromatic heterocycles. The molecule has 1 saturated carbocycles. The van der Waals surface area contributed by atoms with Gasteiger partial charge in [0.05, 0.1) is 22.5 Å². The third-order valence-electron chi connectivity index (χ3n) is 8.13. The van der Waals surface area contributed by atoms with Crippen molar-refractivity contribution < 1.29 is 31.1 Å². The summed E-state index contributed by atoms with van der Waals surface area (Å²) in [6, 6.07) is 11.0. The van der Waals surface area contributed by atoms with Crippen LogP contribution in [0.2, 0.25) is 0 Å². The maximum Gasteiger partial charge on any atom is 0.394 e. The van der Waals surface area contributed by atoms with Gasteiger partial charge in [-0.2, -0.15) is 13.2 Å². The number of benzene rings is 1. The number of amides is 1. The Balaban J connectivity index is 1.41. The molecule has 2 aliphatic rings. The normalized spacial score (nSPS) is 19.5. The van der Waals surface area contributed by atoms with Gasteiger partial charge in [0, 0.05) is 24.3 Å². The number of halogens is 3. The first-order valence-electron chi connectivity index (χ1n) is 13.8. The predicted octanol–water partition coefficient (Wildman–Crippen LogP) is 5.43. The molecule has 0 radical (unpaired) electrons. The molecule has 1 N–H and O–H groups in total. The second-order valence-electron chi connectivity index (χ2n) is 11.9. The van der Waals surface area contributed by atoms with Crippen molar-refractivity contribution in [1.29, 1.82) is 0 Å². The van der Waals surface area contributed by atoms with E-state index in [1.165, 1.54) is 28.9 Å². The molecule has 0 spiro atoms. The molecule has 1 aliphatic heterocycles. The van der Waals surface area contributed by atoms with Crippen LogP contribution in [0.4, 0.5) is 19.0 Å². The highest BCUT2D eigenvalue weighted by molar-refractivity contribution is 7.90. The number of pyridine rings is 1. The Hall–Kier alpha value is -3.61. The van der Waals surface area contributed by atoms with Crippen molar-refractivity contribution in [3.05, 3.63) is 59.8 Å². The lowest BCUT2D eigenvalue weighted by atomic mass is 9.97. The van der Waals surface area contributed by atoms with Crippen molar-refractivity contribution in [1.82, 2.24) is 19.5 Å². The quantitative estimate of drug-likeness (QED) is 0.347. The van der Waals surface area contributed by atoms with E-state index >= 15 is 0 Å². The Kier molecular flexibility index (Phi) is 7.53. The lowest BCUT2D eigenvalue weighted by molar-refractivity contribution is -0.190. The second kappa shape index (κ2) is 10.6. The van der Waals surface area contributed by atoms with Gasteiger partial charge < -0.3 is 9.64 Å². The SMILES string of the molecule is Cc1ccccc1S(=O)(=O)NC(=O)c1ccc(-n2ccc(OCCC3(C(F)(F)F)CC3)n2)nc1N1C[C@@H](C)CC1(C)C. The van der Waals surface area contributed by atoms with Crippen molar-refractivity contribution in [2.75, 3.05) is 18.1 Å². The van der Waals surface area contributed by atoms with E-state index in [4.69, 9.17) is 9.72 Å². The lowest BCUT2D eigenvalue weighted by Crippen LogP contribution is -2.41. The van der Waals surface area contributed by atoms with Gasteiger partial charge >= 0.3 is 6.18 Å². The van der Waals surface area contributed by atoms with E-state index in [9.17, 15) is 26.4 Å². The van der Waals surface area contributed by atoms with Gasteiger partial charge in [0.25, 0.3) is 15.9 Å². The Labute approximate surface area is 243 Å². The fourth-order valence-corrected chi connectivity index (χ4v) is 6.90. The summed E-state index contributed by atoms with van der Waals surface area (Å²) >= 11 is 0. The highest BCUT2D eigenvalue weighted by Gasteiger charge is 2.62. The molecule has 5 rings (SSSR count). The van der Waals surface area contributed by atoms with Gasteiger partial charge in [-0.1, -0.05) is 25.1 Å². The Morgan fingerprint density at radius 1 is 1.14 bits per heavy atom. The van der Waals surface area contributed by atoms with E-state index in [1.807, 2.05) is 18.7 Å². The maximum absolute atomic E-state index is 13.5.